The molecule has 2 nitrogen and oxygen atoms in total. The number of terminal acetylenes is 1. The quantitative estimate of drug-likeness (QED) is 0.0710. The van der Waals surface area contributed by atoms with E-state index in [1.165, 1.54) is 27.8 Å². The van der Waals surface area contributed by atoms with Crippen molar-refractivity contribution < 1.29 is 9.59 Å². The predicted molar refractivity (Wildman–Crippen MR) is 334 cm³/mol. The molecule has 0 amide bonds. The van der Waals surface area contributed by atoms with Crippen LogP contribution in [0.25, 0.3) is 0 Å². The van der Waals surface area contributed by atoms with E-state index in [-0.39, 0.29) is 10.2 Å². The van der Waals surface area contributed by atoms with Gasteiger partial charge in [-0.05, 0) is 180 Å². The van der Waals surface area contributed by atoms with Gasteiger partial charge in [0.2, 0.25) is 0 Å². The first-order chi connectivity index (χ1) is 36.1. The van der Waals surface area contributed by atoms with Crippen LogP contribution in [0.3, 0.4) is 0 Å². The third kappa shape index (κ3) is 28.0. The van der Waals surface area contributed by atoms with E-state index in [1.54, 1.807) is 6.92 Å². The molecule has 0 fully saturated rings. The molecule has 0 N–H and O–H groups in total. The van der Waals surface area contributed by atoms with Crippen molar-refractivity contribution in [3.63, 3.8) is 0 Å². The van der Waals surface area contributed by atoms with Crippen LogP contribution in [-0.2, 0) is 9.59 Å². The van der Waals surface area contributed by atoms with Crippen LogP contribution in [0.15, 0.2) is 222 Å². The molecule has 0 unspecified atom stereocenters. The monoisotopic (exact) mass is 1200 g/mol. The summed E-state index contributed by atoms with van der Waals surface area (Å²) in [6, 6.07) is 69.4. The summed E-state index contributed by atoms with van der Waals surface area (Å²) in [6.07, 6.45) is 5.10. The molecular formula is C68H54BrIO2S2Si. The Kier molecular flexibility index (Phi) is 27.4. The zero-order chi connectivity index (χ0) is 54.1. The van der Waals surface area contributed by atoms with Crippen LogP contribution in [0.1, 0.15) is 69.5 Å². The average Bonchev–Trinajstić information content (AvgIpc) is 3.42. The van der Waals surface area contributed by atoms with Crippen molar-refractivity contribution >= 4 is 80.3 Å². The van der Waals surface area contributed by atoms with Gasteiger partial charge in [-0.15, -0.1) is 12.0 Å². The average molecular weight is 1200 g/mol. The third-order valence-electron chi connectivity index (χ3n) is 9.25. The predicted octanol–water partition coefficient (Wildman–Crippen LogP) is 16.7. The first-order valence-electron chi connectivity index (χ1n) is 23.5. The van der Waals surface area contributed by atoms with Gasteiger partial charge >= 0.3 is 0 Å². The molecule has 8 aromatic carbocycles. The van der Waals surface area contributed by atoms with Gasteiger partial charge < -0.3 is 0 Å². The second-order valence-electron chi connectivity index (χ2n) is 16.9. The van der Waals surface area contributed by atoms with Crippen molar-refractivity contribution in [3.05, 3.63) is 276 Å². The van der Waals surface area contributed by atoms with Gasteiger partial charge in [-0.3, -0.25) is 9.59 Å². The fourth-order valence-corrected chi connectivity index (χ4v) is 7.60. The van der Waals surface area contributed by atoms with Crippen LogP contribution in [0.4, 0.5) is 0 Å². The highest BCUT2D eigenvalue weighted by molar-refractivity contribution is 14.1. The lowest BCUT2D eigenvalue weighted by Gasteiger charge is -2.03. The summed E-state index contributed by atoms with van der Waals surface area (Å²) in [6.45, 7) is 11.9. The Morgan fingerprint density at radius 3 is 1.08 bits per heavy atom. The topological polar surface area (TPSA) is 34.1 Å². The Morgan fingerprint density at radius 2 is 0.773 bits per heavy atom. The van der Waals surface area contributed by atoms with E-state index in [2.05, 4.69) is 134 Å². The largest absolute Gasteiger partial charge is 0.287 e. The van der Waals surface area contributed by atoms with Crippen LogP contribution >= 0.6 is 62.0 Å². The molecule has 0 radical (unpaired) electrons. The Morgan fingerprint density at radius 1 is 0.440 bits per heavy atom. The Bertz CT molecular complexity index is 3400. The third-order valence-corrected chi connectivity index (χ3v) is 12.7. The molecule has 0 aliphatic heterocycles. The summed E-state index contributed by atoms with van der Waals surface area (Å²) in [4.78, 5) is 22.5. The maximum absolute atomic E-state index is 10.9. The van der Waals surface area contributed by atoms with Crippen molar-refractivity contribution in [2.24, 2.45) is 0 Å². The number of rotatable bonds is 1. The molecule has 75 heavy (non-hydrogen) atoms. The molecule has 0 saturated heterocycles. The molecule has 368 valence electrons. The number of carbonyl (C=O) groups excluding carboxylic acids is 2. The van der Waals surface area contributed by atoms with Crippen LogP contribution < -0.4 is 0 Å². The number of aryl methyl sites for hydroxylation is 1. The maximum atomic E-state index is 10.9. The minimum absolute atomic E-state index is 0.00736. The van der Waals surface area contributed by atoms with Gasteiger partial charge in [0.15, 0.2) is 10.2 Å². The molecule has 0 aromatic heterocycles. The van der Waals surface area contributed by atoms with Crippen molar-refractivity contribution in [2.45, 2.75) is 45.3 Å². The van der Waals surface area contributed by atoms with Gasteiger partial charge in [0.1, 0.15) is 8.07 Å². The van der Waals surface area contributed by atoms with Crippen molar-refractivity contribution in [1.29, 1.82) is 0 Å². The number of hydrogen-bond acceptors (Lipinski definition) is 4. The Hall–Kier alpha value is -7.41. The van der Waals surface area contributed by atoms with Gasteiger partial charge in [-0.2, -0.15) is 0 Å². The molecule has 0 aliphatic rings. The van der Waals surface area contributed by atoms with E-state index in [0.29, 0.717) is 0 Å². The smallest absolute Gasteiger partial charge is 0.198 e. The molecule has 8 rings (SSSR count). The molecule has 0 aliphatic carbocycles. The molecule has 0 spiro atoms. The number of hydrogen-bond donors (Lipinski definition) is 0. The standard InChI is InChI=1S/C26H16OS.C19H18Si.C9H10OS.C8H6.C6H4BrI/c1-21(27)28-20-19-26-17-15-25(16-18-26)14-13-24-11-9-23(10-12-24)8-7-22-5-3-2-4-6-22;1-20(2,3)16-15-19-13-11-18(12-14-19)10-9-17-7-5-4-6-8-17;1-7-3-5-9(6-4-7)11-8(2)10;1-2-8-6-4-3-5-7-8;7-5-1-3-6(8)4-2-5/h2-6,9-12,15-18H,1H3;4-8,11-14H,1-3H3;3-6H,1-2H3;1,3-7H;1-4H. The molecule has 7 heteroatoms. The second kappa shape index (κ2) is 34.1. The first kappa shape index (κ1) is 60.1. The van der Waals surface area contributed by atoms with E-state index in [4.69, 9.17) is 6.42 Å². The van der Waals surface area contributed by atoms with E-state index < -0.39 is 8.07 Å². The van der Waals surface area contributed by atoms with Gasteiger partial charge in [-0.25, -0.2) is 0 Å². The fraction of sp³-hybridized carbons (Fsp3) is 0.0882. The van der Waals surface area contributed by atoms with E-state index in [9.17, 15) is 9.59 Å². The number of halogens is 2. The van der Waals surface area contributed by atoms with E-state index in [0.717, 1.165) is 71.2 Å². The summed E-state index contributed by atoms with van der Waals surface area (Å²) in [5.74, 6) is 27.7. The molecule has 0 bridgehead atoms. The molecule has 0 saturated carbocycles. The normalized spacial score (nSPS) is 9.27. The van der Waals surface area contributed by atoms with Crippen LogP contribution in [-0.4, -0.2) is 18.3 Å². The van der Waals surface area contributed by atoms with E-state index in [1.807, 2.05) is 207 Å². The lowest BCUT2D eigenvalue weighted by molar-refractivity contribution is -0.109. The zero-order valence-corrected chi connectivity index (χ0v) is 49.1. The number of benzene rings is 8. The lowest BCUT2D eigenvalue weighted by atomic mass is 10.1. The zero-order valence-electron chi connectivity index (χ0n) is 42.7. The van der Waals surface area contributed by atoms with Gasteiger partial charge in [-0.1, -0.05) is 173 Å². The summed E-state index contributed by atoms with van der Waals surface area (Å²) >= 11 is 7.89. The number of carbonyl (C=O) groups is 2. The van der Waals surface area contributed by atoms with Crippen LogP contribution in [0.2, 0.25) is 19.6 Å². The maximum Gasteiger partial charge on any atom is 0.198 e. The Balaban J connectivity index is 0.000000223. The molecule has 8 aromatic rings. The highest BCUT2D eigenvalue weighted by Gasteiger charge is 2.07. The highest BCUT2D eigenvalue weighted by atomic mass is 127. The molecular weight excluding hydrogens is 1150 g/mol. The molecule has 0 heterocycles. The summed E-state index contributed by atoms with van der Waals surface area (Å²) in [7, 11) is -1.30. The lowest BCUT2D eigenvalue weighted by Crippen LogP contribution is -2.16. The molecule has 0 atom stereocenters. The number of thioether (sulfide) groups is 2. The van der Waals surface area contributed by atoms with Crippen LogP contribution in [0, 0.1) is 81.0 Å². The summed E-state index contributed by atoms with van der Waals surface area (Å²) < 4.78 is 2.41. The van der Waals surface area contributed by atoms with Crippen molar-refractivity contribution in [1.82, 2.24) is 0 Å². The van der Waals surface area contributed by atoms with Crippen LogP contribution in [0.5, 0.6) is 0 Å². The van der Waals surface area contributed by atoms with E-state index >= 15 is 0 Å². The second-order valence-corrected chi connectivity index (χ2v) is 26.0. The van der Waals surface area contributed by atoms with Gasteiger partial charge in [0.05, 0.1) is 0 Å². The minimum Gasteiger partial charge on any atom is -0.287 e. The van der Waals surface area contributed by atoms with Gasteiger partial charge in [0, 0.05) is 88.6 Å². The minimum atomic E-state index is -1.30. The van der Waals surface area contributed by atoms with Gasteiger partial charge in [0.25, 0.3) is 0 Å². The first-order valence-corrected chi connectivity index (χ1v) is 30.5. The summed E-state index contributed by atoms with van der Waals surface area (Å²) in [5, 5.41) is 2.90. The summed E-state index contributed by atoms with van der Waals surface area (Å²) in [5.41, 5.74) is 13.3. The van der Waals surface area contributed by atoms with Crippen molar-refractivity contribution in [3.8, 4) is 70.5 Å². The van der Waals surface area contributed by atoms with Crippen molar-refractivity contribution in [2.75, 3.05) is 0 Å². The highest BCUT2D eigenvalue weighted by Crippen LogP contribution is 2.18. The Labute approximate surface area is 477 Å². The fourth-order valence-electron chi connectivity index (χ4n) is 5.54. The SMILES string of the molecule is Brc1ccc(I)cc1.C#Cc1ccccc1.CC(=O)SC#Cc1ccc(C#Cc2ccc(C#Cc3ccccc3)cc2)cc1.CC(=O)Sc1ccc(C)cc1.C[Si](C)(C)C#Cc1ccc(C#Cc2ccccc2)cc1.